The number of hydrogen-bond donors (Lipinski definition) is 0. The SMILES string of the molecule is O=C(CCN1C(=O)c2ccccc2C1=O)Oc1ccc(OCc2ccccc2)cc1. The number of nitrogens with zero attached hydrogens (tertiary/aromatic N) is 1. The van der Waals surface area contributed by atoms with E-state index in [1.807, 2.05) is 30.3 Å². The standard InChI is InChI=1S/C24H19NO5/c26-22(14-15-25-23(27)20-8-4-5-9-21(20)24(25)28)30-19-12-10-18(11-13-19)29-16-17-6-2-1-3-7-17/h1-13H,14-16H2. The molecule has 2 amide bonds. The topological polar surface area (TPSA) is 72.9 Å². The van der Waals surface area contributed by atoms with Gasteiger partial charge in [0.25, 0.3) is 11.8 Å². The number of benzene rings is 3. The van der Waals surface area contributed by atoms with Crippen molar-refractivity contribution < 1.29 is 23.9 Å². The van der Waals surface area contributed by atoms with Crippen LogP contribution in [0.5, 0.6) is 11.5 Å². The van der Waals surface area contributed by atoms with E-state index in [9.17, 15) is 14.4 Å². The van der Waals surface area contributed by atoms with Crippen LogP contribution in [0.2, 0.25) is 0 Å². The highest BCUT2D eigenvalue weighted by molar-refractivity contribution is 6.21. The van der Waals surface area contributed by atoms with Gasteiger partial charge in [-0.1, -0.05) is 42.5 Å². The minimum absolute atomic E-state index is 0.0244. The Balaban J connectivity index is 1.27. The maximum absolute atomic E-state index is 12.3. The number of carbonyl (C=O) groups excluding carboxylic acids is 3. The highest BCUT2D eigenvalue weighted by Gasteiger charge is 2.35. The fourth-order valence-corrected chi connectivity index (χ4v) is 3.17. The smallest absolute Gasteiger partial charge is 0.312 e. The highest BCUT2D eigenvalue weighted by atomic mass is 16.5. The van der Waals surface area contributed by atoms with Gasteiger partial charge in [-0.05, 0) is 42.0 Å². The quantitative estimate of drug-likeness (QED) is 0.342. The predicted octanol–water partition coefficient (Wildman–Crippen LogP) is 3.86. The Morgan fingerprint density at radius 3 is 1.93 bits per heavy atom. The molecule has 6 heteroatoms. The molecule has 1 aliphatic rings. The van der Waals surface area contributed by atoms with Crippen molar-refractivity contribution in [1.29, 1.82) is 0 Å². The zero-order valence-corrected chi connectivity index (χ0v) is 16.1. The van der Waals surface area contributed by atoms with Gasteiger partial charge in [-0.2, -0.15) is 0 Å². The van der Waals surface area contributed by atoms with Gasteiger partial charge < -0.3 is 9.47 Å². The number of hydrogen-bond acceptors (Lipinski definition) is 5. The number of imide groups is 1. The fraction of sp³-hybridized carbons (Fsp3) is 0.125. The zero-order valence-electron chi connectivity index (χ0n) is 16.1. The third-order valence-corrected chi connectivity index (χ3v) is 4.72. The molecule has 0 bridgehead atoms. The van der Waals surface area contributed by atoms with Gasteiger partial charge in [0, 0.05) is 6.54 Å². The summed E-state index contributed by atoms with van der Waals surface area (Å²) >= 11 is 0. The van der Waals surface area contributed by atoms with Crippen LogP contribution >= 0.6 is 0 Å². The summed E-state index contributed by atoms with van der Waals surface area (Å²) in [5, 5.41) is 0. The van der Waals surface area contributed by atoms with Crippen molar-refractivity contribution in [2.45, 2.75) is 13.0 Å². The molecule has 0 unspecified atom stereocenters. The van der Waals surface area contributed by atoms with Gasteiger partial charge >= 0.3 is 5.97 Å². The van der Waals surface area contributed by atoms with Crippen LogP contribution in [0, 0.1) is 0 Å². The van der Waals surface area contributed by atoms with Gasteiger partial charge in [0.05, 0.1) is 17.5 Å². The molecule has 30 heavy (non-hydrogen) atoms. The highest BCUT2D eigenvalue weighted by Crippen LogP contribution is 2.23. The molecule has 0 atom stereocenters. The Morgan fingerprint density at radius 2 is 1.30 bits per heavy atom. The number of amides is 2. The maximum Gasteiger partial charge on any atom is 0.312 e. The average molecular weight is 401 g/mol. The Labute approximate surface area is 173 Å². The lowest BCUT2D eigenvalue weighted by Crippen LogP contribution is -2.32. The van der Waals surface area contributed by atoms with E-state index in [1.54, 1.807) is 48.5 Å². The molecule has 1 heterocycles. The monoisotopic (exact) mass is 401 g/mol. The van der Waals surface area contributed by atoms with Crippen molar-refractivity contribution in [3.8, 4) is 11.5 Å². The second-order valence-corrected chi connectivity index (χ2v) is 6.78. The number of rotatable bonds is 7. The van der Waals surface area contributed by atoms with Crippen molar-refractivity contribution in [2.75, 3.05) is 6.54 Å². The van der Waals surface area contributed by atoms with Gasteiger partial charge in [0.1, 0.15) is 18.1 Å². The van der Waals surface area contributed by atoms with E-state index >= 15 is 0 Å². The van der Waals surface area contributed by atoms with E-state index < -0.39 is 5.97 Å². The second kappa shape index (κ2) is 8.61. The van der Waals surface area contributed by atoms with Crippen LogP contribution in [0.3, 0.4) is 0 Å². The van der Waals surface area contributed by atoms with Crippen molar-refractivity contribution in [3.63, 3.8) is 0 Å². The normalized spacial score (nSPS) is 12.6. The summed E-state index contributed by atoms with van der Waals surface area (Å²) < 4.78 is 11.0. The fourth-order valence-electron chi connectivity index (χ4n) is 3.17. The first kappa shape index (κ1) is 19.4. The molecule has 6 nitrogen and oxygen atoms in total. The van der Waals surface area contributed by atoms with Crippen molar-refractivity contribution in [3.05, 3.63) is 95.6 Å². The molecular formula is C24H19NO5. The summed E-state index contributed by atoms with van der Waals surface area (Å²) in [6, 6.07) is 23.1. The van der Waals surface area contributed by atoms with Crippen LogP contribution < -0.4 is 9.47 Å². The Kier molecular flexibility index (Phi) is 5.57. The molecule has 3 aromatic rings. The first-order chi connectivity index (χ1) is 14.6. The molecule has 0 fully saturated rings. The van der Waals surface area contributed by atoms with Crippen molar-refractivity contribution in [2.24, 2.45) is 0 Å². The lowest BCUT2D eigenvalue weighted by atomic mass is 10.1. The average Bonchev–Trinajstić information content (AvgIpc) is 3.02. The van der Waals surface area contributed by atoms with E-state index in [2.05, 4.69) is 0 Å². The third-order valence-electron chi connectivity index (χ3n) is 4.72. The Morgan fingerprint density at radius 1 is 0.733 bits per heavy atom. The molecule has 0 saturated heterocycles. The molecule has 0 saturated carbocycles. The van der Waals surface area contributed by atoms with Crippen LogP contribution in [0.15, 0.2) is 78.9 Å². The molecular weight excluding hydrogens is 382 g/mol. The summed E-state index contributed by atoms with van der Waals surface area (Å²) in [6.07, 6.45) is -0.0856. The molecule has 0 aromatic heterocycles. The summed E-state index contributed by atoms with van der Waals surface area (Å²) in [5.41, 5.74) is 1.78. The molecule has 1 aliphatic heterocycles. The first-order valence-corrected chi connectivity index (χ1v) is 9.54. The largest absolute Gasteiger partial charge is 0.489 e. The molecule has 3 aromatic carbocycles. The Bertz CT molecular complexity index is 1040. The van der Waals surface area contributed by atoms with Gasteiger partial charge in [-0.15, -0.1) is 0 Å². The van der Waals surface area contributed by atoms with Crippen molar-refractivity contribution >= 4 is 17.8 Å². The Hall–Kier alpha value is -3.93. The molecule has 4 rings (SSSR count). The van der Waals surface area contributed by atoms with Crippen LogP contribution in [0.25, 0.3) is 0 Å². The lowest BCUT2D eigenvalue weighted by molar-refractivity contribution is -0.134. The van der Waals surface area contributed by atoms with E-state index in [0.29, 0.717) is 29.2 Å². The van der Waals surface area contributed by atoms with Gasteiger partial charge in [-0.25, -0.2) is 0 Å². The molecule has 0 radical (unpaired) electrons. The zero-order chi connectivity index (χ0) is 20.9. The predicted molar refractivity (Wildman–Crippen MR) is 109 cm³/mol. The van der Waals surface area contributed by atoms with E-state index in [-0.39, 0.29) is 24.8 Å². The van der Waals surface area contributed by atoms with Crippen LogP contribution in [0.1, 0.15) is 32.7 Å². The van der Waals surface area contributed by atoms with Gasteiger partial charge in [0.2, 0.25) is 0 Å². The number of fused-ring (bicyclic) bond motifs is 1. The first-order valence-electron chi connectivity index (χ1n) is 9.54. The summed E-state index contributed by atoms with van der Waals surface area (Å²) in [5.74, 6) is -0.268. The number of ether oxygens (including phenoxy) is 2. The summed E-state index contributed by atoms with van der Waals surface area (Å²) in [6.45, 7) is 0.420. The van der Waals surface area contributed by atoms with Crippen LogP contribution in [-0.4, -0.2) is 29.2 Å². The third kappa shape index (κ3) is 4.22. The van der Waals surface area contributed by atoms with E-state index in [0.717, 1.165) is 10.5 Å². The molecule has 150 valence electrons. The van der Waals surface area contributed by atoms with Crippen LogP contribution in [0.4, 0.5) is 0 Å². The summed E-state index contributed by atoms with van der Waals surface area (Å²) in [7, 11) is 0. The van der Waals surface area contributed by atoms with E-state index in [4.69, 9.17) is 9.47 Å². The second-order valence-electron chi connectivity index (χ2n) is 6.78. The van der Waals surface area contributed by atoms with Crippen LogP contribution in [-0.2, 0) is 11.4 Å². The summed E-state index contributed by atoms with van der Waals surface area (Å²) in [4.78, 5) is 37.9. The molecule has 0 N–H and O–H groups in total. The van der Waals surface area contributed by atoms with Gasteiger partial charge in [0.15, 0.2) is 0 Å². The van der Waals surface area contributed by atoms with Gasteiger partial charge in [-0.3, -0.25) is 19.3 Å². The van der Waals surface area contributed by atoms with Crippen molar-refractivity contribution in [1.82, 2.24) is 4.90 Å². The number of esters is 1. The van der Waals surface area contributed by atoms with E-state index in [1.165, 1.54) is 0 Å². The minimum atomic E-state index is -0.524. The molecule has 0 spiro atoms. The minimum Gasteiger partial charge on any atom is -0.489 e. The lowest BCUT2D eigenvalue weighted by Gasteiger charge is -2.13. The molecule has 0 aliphatic carbocycles. The number of carbonyl (C=O) groups is 3. The maximum atomic E-state index is 12.3.